The lowest BCUT2D eigenvalue weighted by molar-refractivity contribution is -0.115. The second kappa shape index (κ2) is 10.9. The number of benzene rings is 3. The third-order valence-electron chi connectivity index (χ3n) is 5.08. The Kier molecular flexibility index (Phi) is 8.01. The SMILES string of the molecule is COc1ccc(C(=O)Nc2ccc(SC(C)C(=O)Nc3ccc(C)cc3C)cc2)cc1OC. The number of methoxy groups -OCH3 is 2. The van der Waals surface area contributed by atoms with Gasteiger partial charge < -0.3 is 20.1 Å². The number of hydrogen-bond donors (Lipinski definition) is 2. The molecule has 1 atom stereocenters. The van der Waals surface area contributed by atoms with Crippen molar-refractivity contribution in [1.82, 2.24) is 0 Å². The minimum atomic E-state index is -0.280. The smallest absolute Gasteiger partial charge is 0.255 e. The van der Waals surface area contributed by atoms with Crippen LogP contribution in [0.25, 0.3) is 0 Å². The number of hydrogen-bond acceptors (Lipinski definition) is 5. The molecule has 33 heavy (non-hydrogen) atoms. The zero-order valence-corrected chi connectivity index (χ0v) is 20.2. The van der Waals surface area contributed by atoms with Gasteiger partial charge in [0.2, 0.25) is 5.91 Å². The number of carbonyl (C=O) groups excluding carboxylic acids is 2. The monoisotopic (exact) mass is 464 g/mol. The summed E-state index contributed by atoms with van der Waals surface area (Å²) in [6, 6.07) is 18.4. The molecule has 0 spiro atoms. The average molecular weight is 465 g/mol. The van der Waals surface area contributed by atoms with Crippen LogP contribution in [0, 0.1) is 13.8 Å². The van der Waals surface area contributed by atoms with Gasteiger partial charge in [0.1, 0.15) is 0 Å². The minimum absolute atomic E-state index is 0.0576. The molecule has 0 fully saturated rings. The van der Waals surface area contributed by atoms with Crippen molar-refractivity contribution >= 4 is 35.0 Å². The standard InChI is InChI=1S/C26H28N2O4S/c1-16-6-12-22(17(2)14-16)28-25(29)18(3)33-21-10-8-20(9-11-21)27-26(30)19-7-13-23(31-4)24(15-19)32-5/h6-15,18H,1-5H3,(H,27,30)(H,28,29). The Morgan fingerprint density at radius 2 is 1.55 bits per heavy atom. The first-order valence-electron chi connectivity index (χ1n) is 10.5. The summed E-state index contributed by atoms with van der Waals surface area (Å²) >= 11 is 1.46. The van der Waals surface area contributed by atoms with Gasteiger partial charge in [-0.05, 0) is 74.9 Å². The first-order chi connectivity index (χ1) is 15.8. The van der Waals surface area contributed by atoms with E-state index >= 15 is 0 Å². The highest BCUT2D eigenvalue weighted by atomic mass is 32.2. The van der Waals surface area contributed by atoms with Gasteiger partial charge in [0, 0.05) is 21.8 Å². The van der Waals surface area contributed by atoms with Crippen molar-refractivity contribution in [3.63, 3.8) is 0 Å². The predicted octanol–water partition coefficient (Wildman–Crippen LogP) is 5.69. The summed E-state index contributed by atoms with van der Waals surface area (Å²) in [6.07, 6.45) is 0. The lowest BCUT2D eigenvalue weighted by Crippen LogP contribution is -2.22. The number of anilines is 2. The molecule has 172 valence electrons. The molecule has 0 aliphatic heterocycles. The predicted molar refractivity (Wildman–Crippen MR) is 134 cm³/mol. The molecule has 0 aliphatic carbocycles. The van der Waals surface area contributed by atoms with Gasteiger partial charge in [-0.15, -0.1) is 11.8 Å². The highest BCUT2D eigenvalue weighted by Gasteiger charge is 2.16. The largest absolute Gasteiger partial charge is 0.493 e. The molecule has 0 saturated heterocycles. The van der Waals surface area contributed by atoms with Crippen molar-refractivity contribution in [3.8, 4) is 11.5 Å². The lowest BCUT2D eigenvalue weighted by Gasteiger charge is -2.14. The third kappa shape index (κ3) is 6.29. The third-order valence-corrected chi connectivity index (χ3v) is 6.19. The summed E-state index contributed by atoms with van der Waals surface area (Å²) in [5.41, 5.74) is 4.14. The Morgan fingerprint density at radius 3 is 2.18 bits per heavy atom. The number of carbonyl (C=O) groups is 2. The van der Waals surface area contributed by atoms with Gasteiger partial charge in [-0.25, -0.2) is 0 Å². The van der Waals surface area contributed by atoms with Gasteiger partial charge >= 0.3 is 0 Å². The van der Waals surface area contributed by atoms with Crippen LogP contribution in [0.1, 0.15) is 28.4 Å². The second-order valence-electron chi connectivity index (χ2n) is 7.62. The molecule has 0 radical (unpaired) electrons. The van der Waals surface area contributed by atoms with Crippen molar-refractivity contribution in [1.29, 1.82) is 0 Å². The van der Waals surface area contributed by atoms with E-state index in [1.165, 1.54) is 18.9 Å². The minimum Gasteiger partial charge on any atom is -0.493 e. The van der Waals surface area contributed by atoms with E-state index in [4.69, 9.17) is 9.47 Å². The van der Waals surface area contributed by atoms with E-state index in [1.54, 1.807) is 25.3 Å². The lowest BCUT2D eigenvalue weighted by atomic mass is 10.1. The Morgan fingerprint density at radius 1 is 0.848 bits per heavy atom. The zero-order chi connectivity index (χ0) is 24.0. The Balaban J connectivity index is 1.59. The van der Waals surface area contributed by atoms with E-state index in [-0.39, 0.29) is 17.1 Å². The molecule has 1 unspecified atom stereocenters. The second-order valence-corrected chi connectivity index (χ2v) is 9.03. The molecule has 7 heteroatoms. The van der Waals surface area contributed by atoms with Crippen LogP contribution in [-0.2, 0) is 4.79 Å². The highest BCUT2D eigenvalue weighted by molar-refractivity contribution is 8.00. The van der Waals surface area contributed by atoms with Gasteiger partial charge in [-0.2, -0.15) is 0 Å². The number of nitrogens with one attached hydrogen (secondary N) is 2. The number of ether oxygens (including phenoxy) is 2. The number of amides is 2. The van der Waals surface area contributed by atoms with Crippen LogP contribution in [0.2, 0.25) is 0 Å². The van der Waals surface area contributed by atoms with E-state index in [0.717, 1.165) is 21.7 Å². The molecule has 3 aromatic carbocycles. The normalized spacial score (nSPS) is 11.4. The van der Waals surface area contributed by atoms with Crippen LogP contribution in [0.15, 0.2) is 65.6 Å². The first-order valence-corrected chi connectivity index (χ1v) is 11.4. The number of aryl methyl sites for hydroxylation is 2. The summed E-state index contributed by atoms with van der Waals surface area (Å²) in [7, 11) is 3.07. The fourth-order valence-corrected chi connectivity index (χ4v) is 4.11. The quantitative estimate of drug-likeness (QED) is 0.419. The summed E-state index contributed by atoms with van der Waals surface area (Å²) in [5.74, 6) is 0.742. The van der Waals surface area contributed by atoms with E-state index < -0.39 is 0 Å². The van der Waals surface area contributed by atoms with E-state index in [9.17, 15) is 9.59 Å². The van der Waals surface area contributed by atoms with E-state index in [2.05, 4.69) is 10.6 Å². The Hall–Kier alpha value is -3.45. The molecule has 6 nitrogen and oxygen atoms in total. The fraction of sp³-hybridized carbons (Fsp3) is 0.231. The maximum absolute atomic E-state index is 12.6. The topological polar surface area (TPSA) is 76.7 Å². The number of thioether (sulfide) groups is 1. The molecular weight excluding hydrogens is 436 g/mol. The van der Waals surface area contributed by atoms with E-state index in [1.807, 2.05) is 63.2 Å². The van der Waals surface area contributed by atoms with Gasteiger partial charge in [0.15, 0.2) is 11.5 Å². The summed E-state index contributed by atoms with van der Waals surface area (Å²) in [4.78, 5) is 26.1. The van der Waals surface area contributed by atoms with Crippen LogP contribution in [0.5, 0.6) is 11.5 Å². The van der Waals surface area contributed by atoms with Crippen molar-refractivity contribution in [2.75, 3.05) is 24.9 Å². The zero-order valence-electron chi connectivity index (χ0n) is 19.4. The maximum atomic E-state index is 12.6. The van der Waals surface area contributed by atoms with Gasteiger partial charge in [0.25, 0.3) is 5.91 Å². The highest BCUT2D eigenvalue weighted by Crippen LogP contribution is 2.29. The molecule has 0 bridgehead atoms. The summed E-state index contributed by atoms with van der Waals surface area (Å²) in [5, 5.41) is 5.58. The molecule has 2 amide bonds. The van der Waals surface area contributed by atoms with Crippen molar-refractivity contribution in [2.24, 2.45) is 0 Å². The number of rotatable bonds is 8. The summed E-state index contributed by atoms with van der Waals surface area (Å²) < 4.78 is 10.5. The molecule has 3 rings (SSSR count). The molecule has 2 N–H and O–H groups in total. The molecule has 0 heterocycles. The van der Waals surface area contributed by atoms with Gasteiger partial charge in [0.05, 0.1) is 19.5 Å². The van der Waals surface area contributed by atoms with Gasteiger partial charge in [-0.3, -0.25) is 9.59 Å². The van der Waals surface area contributed by atoms with Crippen molar-refractivity contribution < 1.29 is 19.1 Å². The molecule has 3 aromatic rings. The van der Waals surface area contributed by atoms with Crippen molar-refractivity contribution in [3.05, 3.63) is 77.4 Å². The van der Waals surface area contributed by atoms with Crippen LogP contribution in [-0.4, -0.2) is 31.3 Å². The molecule has 0 aliphatic rings. The Bertz CT molecular complexity index is 1150. The summed E-state index contributed by atoms with van der Waals surface area (Å²) in [6.45, 7) is 5.88. The van der Waals surface area contributed by atoms with E-state index in [0.29, 0.717) is 22.7 Å². The average Bonchev–Trinajstić information content (AvgIpc) is 2.81. The van der Waals surface area contributed by atoms with Crippen molar-refractivity contribution in [2.45, 2.75) is 30.9 Å². The fourth-order valence-electron chi connectivity index (χ4n) is 3.24. The van der Waals surface area contributed by atoms with Crippen LogP contribution >= 0.6 is 11.8 Å². The first kappa shape index (κ1) is 24.2. The maximum Gasteiger partial charge on any atom is 0.255 e. The van der Waals surface area contributed by atoms with Crippen LogP contribution in [0.4, 0.5) is 11.4 Å². The van der Waals surface area contributed by atoms with Gasteiger partial charge in [-0.1, -0.05) is 17.7 Å². The van der Waals surface area contributed by atoms with Crippen LogP contribution in [0.3, 0.4) is 0 Å². The molecule has 0 saturated carbocycles. The van der Waals surface area contributed by atoms with Crippen LogP contribution < -0.4 is 20.1 Å². The molecular formula is C26H28N2O4S. The Labute approximate surface area is 198 Å². The molecule has 0 aromatic heterocycles.